The van der Waals surface area contributed by atoms with E-state index in [9.17, 15) is 13.6 Å². The molecule has 13 heteroatoms. The Kier molecular flexibility index (Phi) is 6.97. The number of hydrogen-bond donors (Lipinski definition) is 2. The third kappa shape index (κ3) is 4.47. The average molecular weight is 522 g/mol. The lowest BCUT2D eigenvalue weighted by Crippen LogP contribution is -2.63. The molecule has 2 aliphatic rings. The number of methoxy groups -OCH3 is 1. The van der Waals surface area contributed by atoms with E-state index in [1.807, 2.05) is 30.3 Å². The van der Waals surface area contributed by atoms with Crippen LogP contribution < -0.4 is 11.3 Å². The first-order valence-corrected chi connectivity index (χ1v) is 11.4. The fourth-order valence-electron chi connectivity index (χ4n) is 4.50. The second kappa shape index (κ2) is 10.2. The van der Waals surface area contributed by atoms with Gasteiger partial charge in [-0.2, -0.15) is 0 Å². The van der Waals surface area contributed by atoms with Gasteiger partial charge in [-0.15, -0.1) is 5.10 Å². The van der Waals surface area contributed by atoms with Crippen molar-refractivity contribution in [1.82, 2.24) is 20.4 Å². The van der Waals surface area contributed by atoms with Gasteiger partial charge in [-0.1, -0.05) is 47.1 Å². The van der Waals surface area contributed by atoms with Crippen molar-refractivity contribution < 1.29 is 32.5 Å². The Morgan fingerprint density at radius 3 is 2.61 bits per heavy atom. The number of benzene rings is 2. The summed E-state index contributed by atoms with van der Waals surface area (Å²) in [5.74, 6) is 2.90. The third-order valence-electron chi connectivity index (χ3n) is 6.19. The summed E-state index contributed by atoms with van der Waals surface area (Å²) in [6, 6.07) is 10.7. The average Bonchev–Trinajstić information content (AvgIpc) is 3.40. The number of carbonyl (C=O) groups excluding carboxylic acids is 1. The van der Waals surface area contributed by atoms with Gasteiger partial charge in [-0.25, -0.2) is 19.3 Å². The number of halogens is 3. The SMILES string of the molecule is CO[C@@H]1[C@@H](n2cc(-c3cc(F)c(Cl)c(F)c3)nn2)[C@H]2OC(c3ccccc3)OC[C@H]2O[C@H]1C(=O)NN. The molecule has 2 saturated heterocycles. The summed E-state index contributed by atoms with van der Waals surface area (Å²) in [7, 11) is 1.41. The number of amides is 1. The molecule has 1 aromatic heterocycles. The second-order valence-electron chi connectivity index (χ2n) is 8.31. The number of ether oxygens (including phenoxy) is 4. The molecule has 6 atom stereocenters. The van der Waals surface area contributed by atoms with E-state index in [-0.39, 0.29) is 17.9 Å². The Morgan fingerprint density at radius 2 is 1.94 bits per heavy atom. The van der Waals surface area contributed by atoms with Gasteiger partial charge in [0.15, 0.2) is 12.4 Å². The van der Waals surface area contributed by atoms with Crippen LogP contribution in [-0.4, -0.2) is 59.0 Å². The smallest absolute Gasteiger partial charge is 0.265 e. The van der Waals surface area contributed by atoms with Crippen molar-refractivity contribution in [2.24, 2.45) is 5.84 Å². The van der Waals surface area contributed by atoms with Crippen molar-refractivity contribution in [2.45, 2.75) is 36.7 Å². The third-order valence-corrected chi connectivity index (χ3v) is 6.55. The highest BCUT2D eigenvalue weighted by molar-refractivity contribution is 6.31. The van der Waals surface area contributed by atoms with E-state index < -0.39 is 59.3 Å². The molecule has 0 bridgehead atoms. The number of hydrazine groups is 1. The highest BCUT2D eigenvalue weighted by Crippen LogP contribution is 2.40. The zero-order chi connectivity index (χ0) is 25.4. The highest BCUT2D eigenvalue weighted by Gasteiger charge is 2.53. The molecule has 0 aliphatic carbocycles. The van der Waals surface area contributed by atoms with Crippen LogP contribution in [0, 0.1) is 11.6 Å². The van der Waals surface area contributed by atoms with Gasteiger partial charge >= 0.3 is 0 Å². The van der Waals surface area contributed by atoms with Gasteiger partial charge in [0.05, 0.1) is 12.8 Å². The molecule has 190 valence electrons. The standard InChI is InChI=1S/C23H22ClF2N5O5/c1-33-20-18(31-9-15(29-30-31)12-7-13(25)17(24)14(26)8-12)19-16(35-21(20)22(32)28-27)10-34-23(36-19)11-5-3-2-4-6-11/h2-9,16,18-21,23H,10,27H2,1H3,(H,28,32)/t16-,18+,19+,20-,21-,23?/m1/s1. The number of carbonyl (C=O) groups is 1. The number of nitrogens with two attached hydrogens (primary N) is 1. The molecule has 0 saturated carbocycles. The van der Waals surface area contributed by atoms with Gasteiger partial charge in [0.2, 0.25) is 0 Å². The predicted molar refractivity (Wildman–Crippen MR) is 121 cm³/mol. The molecule has 2 aliphatic heterocycles. The van der Waals surface area contributed by atoms with E-state index >= 15 is 0 Å². The van der Waals surface area contributed by atoms with E-state index in [1.165, 1.54) is 18.0 Å². The molecule has 10 nitrogen and oxygen atoms in total. The Bertz CT molecular complexity index is 1230. The zero-order valence-corrected chi connectivity index (χ0v) is 19.6. The van der Waals surface area contributed by atoms with Crippen molar-refractivity contribution >= 4 is 17.5 Å². The molecule has 2 aromatic carbocycles. The highest BCUT2D eigenvalue weighted by atomic mass is 35.5. The molecule has 2 fully saturated rings. The van der Waals surface area contributed by atoms with E-state index in [0.29, 0.717) is 0 Å². The van der Waals surface area contributed by atoms with Gasteiger partial charge in [-0.05, 0) is 12.1 Å². The largest absolute Gasteiger partial charge is 0.376 e. The summed E-state index contributed by atoms with van der Waals surface area (Å²) in [6.07, 6.45) is -2.62. The minimum atomic E-state index is -1.12. The van der Waals surface area contributed by atoms with E-state index in [2.05, 4.69) is 15.7 Å². The molecular weight excluding hydrogens is 500 g/mol. The first kappa shape index (κ1) is 24.7. The van der Waals surface area contributed by atoms with Crippen LogP contribution in [0.25, 0.3) is 11.3 Å². The maximum absolute atomic E-state index is 14.1. The number of aromatic nitrogens is 3. The molecule has 3 N–H and O–H groups in total. The topological polar surface area (TPSA) is 123 Å². The summed E-state index contributed by atoms with van der Waals surface area (Å²) in [5, 5.41) is 7.63. The van der Waals surface area contributed by atoms with Crippen LogP contribution in [0.5, 0.6) is 0 Å². The quantitative estimate of drug-likeness (QED) is 0.227. The molecule has 0 spiro atoms. The van der Waals surface area contributed by atoms with Crippen LogP contribution in [0.4, 0.5) is 8.78 Å². The molecule has 5 rings (SSSR count). The maximum atomic E-state index is 14.1. The molecule has 36 heavy (non-hydrogen) atoms. The van der Waals surface area contributed by atoms with Gasteiger partial charge in [0, 0.05) is 18.2 Å². The van der Waals surface area contributed by atoms with Crippen molar-refractivity contribution in [3.8, 4) is 11.3 Å². The Morgan fingerprint density at radius 1 is 1.22 bits per heavy atom. The Labute approximate surface area is 209 Å². The summed E-state index contributed by atoms with van der Waals surface area (Å²) in [5.41, 5.74) is 3.18. The monoisotopic (exact) mass is 521 g/mol. The minimum absolute atomic E-state index is 0.112. The van der Waals surface area contributed by atoms with E-state index in [4.69, 9.17) is 36.4 Å². The van der Waals surface area contributed by atoms with Gasteiger partial charge in [0.1, 0.15) is 46.7 Å². The molecular formula is C23H22ClF2N5O5. The van der Waals surface area contributed by atoms with Gasteiger partial charge in [-0.3, -0.25) is 10.2 Å². The Hall–Kier alpha value is -3.00. The molecule has 3 heterocycles. The number of fused-ring (bicyclic) bond motifs is 1. The zero-order valence-electron chi connectivity index (χ0n) is 18.9. The molecule has 3 aromatic rings. The summed E-state index contributed by atoms with van der Waals surface area (Å²) >= 11 is 5.60. The molecule has 1 unspecified atom stereocenters. The fourth-order valence-corrected chi connectivity index (χ4v) is 4.61. The van der Waals surface area contributed by atoms with Crippen LogP contribution in [-0.2, 0) is 23.7 Å². The fraction of sp³-hybridized carbons (Fsp3) is 0.348. The van der Waals surface area contributed by atoms with Crippen molar-refractivity contribution in [1.29, 1.82) is 0 Å². The first-order valence-electron chi connectivity index (χ1n) is 11.0. The Balaban J connectivity index is 1.53. The summed E-state index contributed by atoms with van der Waals surface area (Å²) < 4.78 is 53.3. The van der Waals surface area contributed by atoms with E-state index in [1.54, 1.807) is 0 Å². The van der Waals surface area contributed by atoms with Crippen LogP contribution in [0.2, 0.25) is 5.02 Å². The summed E-state index contributed by atoms with van der Waals surface area (Å²) in [6.45, 7) is 0.112. The van der Waals surface area contributed by atoms with Crippen molar-refractivity contribution in [2.75, 3.05) is 13.7 Å². The van der Waals surface area contributed by atoms with Crippen LogP contribution in [0.1, 0.15) is 17.9 Å². The van der Waals surface area contributed by atoms with Crippen LogP contribution in [0.15, 0.2) is 48.7 Å². The predicted octanol–water partition coefficient (Wildman–Crippen LogP) is 2.30. The van der Waals surface area contributed by atoms with Crippen molar-refractivity contribution in [3.05, 3.63) is 70.9 Å². The van der Waals surface area contributed by atoms with Crippen molar-refractivity contribution in [3.63, 3.8) is 0 Å². The number of nitrogens with one attached hydrogen (secondary N) is 1. The molecule has 0 radical (unpaired) electrons. The number of nitrogens with zero attached hydrogens (tertiary/aromatic N) is 3. The van der Waals surface area contributed by atoms with Crippen LogP contribution >= 0.6 is 11.6 Å². The second-order valence-corrected chi connectivity index (χ2v) is 8.69. The first-order chi connectivity index (χ1) is 17.4. The van der Waals surface area contributed by atoms with Gasteiger partial charge < -0.3 is 18.9 Å². The summed E-state index contributed by atoms with van der Waals surface area (Å²) in [4.78, 5) is 12.5. The lowest BCUT2D eigenvalue weighted by molar-refractivity contribution is -0.314. The van der Waals surface area contributed by atoms with Gasteiger partial charge in [0.25, 0.3) is 5.91 Å². The maximum Gasteiger partial charge on any atom is 0.265 e. The van der Waals surface area contributed by atoms with E-state index in [0.717, 1.165) is 17.7 Å². The van der Waals surface area contributed by atoms with Crippen LogP contribution in [0.3, 0.4) is 0 Å². The lowest BCUT2D eigenvalue weighted by atomic mass is 9.91. The minimum Gasteiger partial charge on any atom is -0.376 e. The lowest BCUT2D eigenvalue weighted by Gasteiger charge is -2.48. The number of rotatable bonds is 5. The normalized spacial score (nSPS) is 27.9. The molecule has 1 amide bonds. The number of hydrogen-bond acceptors (Lipinski definition) is 8.